The first-order valence-electron chi connectivity index (χ1n) is 5.58. The van der Waals surface area contributed by atoms with Crippen molar-refractivity contribution in [3.8, 4) is 0 Å². The van der Waals surface area contributed by atoms with E-state index in [9.17, 15) is 22.9 Å². The molecular weight excluding hydrogens is 303 g/mol. The minimum absolute atomic E-state index is 0.108. The second-order valence-corrected chi connectivity index (χ2v) is 5.66. The quantitative estimate of drug-likeness (QED) is 0.650. The Morgan fingerprint density at radius 2 is 2.10 bits per heavy atom. The van der Waals surface area contributed by atoms with Crippen LogP contribution in [0, 0.1) is 15.9 Å². The third-order valence-corrected chi connectivity index (χ3v) is 3.91. The van der Waals surface area contributed by atoms with Crippen molar-refractivity contribution in [2.75, 3.05) is 0 Å². The summed E-state index contributed by atoms with van der Waals surface area (Å²) in [5.74, 6) is -1.22. The lowest BCUT2D eigenvalue weighted by atomic mass is 10.3. The van der Waals surface area contributed by atoms with E-state index in [1.165, 1.54) is 18.6 Å². The number of nitro benzene ring substituents is 1. The summed E-state index contributed by atoms with van der Waals surface area (Å²) in [5.41, 5.74) is -0.360. The summed E-state index contributed by atoms with van der Waals surface area (Å²) in [5, 5.41) is 10.5. The molecule has 110 valence electrons. The predicted molar refractivity (Wildman–Crippen MR) is 69.1 cm³/mol. The SMILES string of the molecule is O=[N+]([O-])c1ccc(S(=O)(=O)NCc2ccncn2)cc1F. The molecule has 21 heavy (non-hydrogen) atoms. The maximum atomic E-state index is 13.4. The Balaban J connectivity index is 2.20. The molecule has 1 aromatic heterocycles. The van der Waals surface area contributed by atoms with E-state index in [2.05, 4.69) is 14.7 Å². The molecule has 2 aromatic rings. The number of rotatable bonds is 5. The first-order valence-corrected chi connectivity index (χ1v) is 7.07. The van der Waals surface area contributed by atoms with E-state index < -0.39 is 31.3 Å². The summed E-state index contributed by atoms with van der Waals surface area (Å²) in [6, 6.07) is 3.87. The molecule has 1 N–H and O–H groups in total. The van der Waals surface area contributed by atoms with Crippen LogP contribution in [0.2, 0.25) is 0 Å². The highest BCUT2D eigenvalue weighted by atomic mass is 32.2. The molecule has 0 saturated carbocycles. The Bertz CT molecular complexity index is 767. The van der Waals surface area contributed by atoms with Crippen molar-refractivity contribution in [2.24, 2.45) is 0 Å². The van der Waals surface area contributed by atoms with Crippen LogP contribution in [0.1, 0.15) is 5.69 Å². The van der Waals surface area contributed by atoms with Gasteiger partial charge in [-0.25, -0.2) is 23.1 Å². The van der Waals surface area contributed by atoms with Crippen molar-refractivity contribution in [2.45, 2.75) is 11.4 Å². The van der Waals surface area contributed by atoms with E-state index in [-0.39, 0.29) is 6.54 Å². The molecule has 0 unspecified atom stereocenters. The number of sulfonamides is 1. The van der Waals surface area contributed by atoms with Crippen LogP contribution >= 0.6 is 0 Å². The molecule has 0 aliphatic carbocycles. The second kappa shape index (κ2) is 5.89. The van der Waals surface area contributed by atoms with Crippen LogP contribution in [-0.2, 0) is 16.6 Å². The zero-order valence-corrected chi connectivity index (χ0v) is 11.2. The average Bonchev–Trinajstić information content (AvgIpc) is 2.46. The van der Waals surface area contributed by atoms with Crippen LogP contribution in [-0.4, -0.2) is 23.3 Å². The van der Waals surface area contributed by atoms with E-state index in [0.717, 1.165) is 12.1 Å². The number of nitro groups is 1. The van der Waals surface area contributed by atoms with Gasteiger partial charge in [-0.3, -0.25) is 10.1 Å². The highest BCUT2D eigenvalue weighted by Crippen LogP contribution is 2.20. The maximum absolute atomic E-state index is 13.4. The highest BCUT2D eigenvalue weighted by Gasteiger charge is 2.20. The van der Waals surface area contributed by atoms with Crippen LogP contribution in [0.25, 0.3) is 0 Å². The van der Waals surface area contributed by atoms with Crippen molar-refractivity contribution in [1.82, 2.24) is 14.7 Å². The lowest BCUT2D eigenvalue weighted by Gasteiger charge is -2.06. The van der Waals surface area contributed by atoms with Gasteiger partial charge in [0.05, 0.1) is 22.1 Å². The van der Waals surface area contributed by atoms with Gasteiger partial charge in [0, 0.05) is 18.3 Å². The minimum atomic E-state index is -4.00. The molecule has 0 atom stereocenters. The summed E-state index contributed by atoms with van der Waals surface area (Å²) in [6.07, 6.45) is 2.71. The zero-order valence-electron chi connectivity index (χ0n) is 10.4. The smallest absolute Gasteiger partial charge is 0.258 e. The van der Waals surface area contributed by atoms with Gasteiger partial charge >= 0.3 is 5.69 Å². The van der Waals surface area contributed by atoms with E-state index in [4.69, 9.17) is 0 Å². The minimum Gasteiger partial charge on any atom is -0.258 e. The van der Waals surface area contributed by atoms with Crippen molar-refractivity contribution in [3.05, 3.63) is 58.4 Å². The van der Waals surface area contributed by atoms with Gasteiger partial charge in [0.1, 0.15) is 6.33 Å². The molecule has 0 saturated heterocycles. The third-order valence-electron chi connectivity index (χ3n) is 2.51. The van der Waals surface area contributed by atoms with Crippen molar-refractivity contribution in [1.29, 1.82) is 0 Å². The lowest BCUT2D eigenvalue weighted by Crippen LogP contribution is -2.23. The standard InChI is InChI=1S/C11H9FN4O4S/c12-10-5-9(1-2-11(10)16(17)18)21(19,20)15-6-8-3-4-13-7-14-8/h1-5,7,15H,6H2. The zero-order chi connectivity index (χ0) is 15.5. The van der Waals surface area contributed by atoms with Crippen LogP contribution in [0.15, 0.2) is 41.7 Å². The van der Waals surface area contributed by atoms with Crippen LogP contribution in [0.3, 0.4) is 0 Å². The van der Waals surface area contributed by atoms with Gasteiger partial charge in [-0.1, -0.05) is 0 Å². The Morgan fingerprint density at radius 3 is 2.67 bits per heavy atom. The predicted octanol–water partition coefficient (Wildman–Crippen LogP) is 1.00. The fourth-order valence-electron chi connectivity index (χ4n) is 1.48. The van der Waals surface area contributed by atoms with Gasteiger partial charge in [-0.15, -0.1) is 0 Å². The van der Waals surface area contributed by atoms with Crippen LogP contribution in [0.4, 0.5) is 10.1 Å². The molecule has 0 aliphatic rings. The van der Waals surface area contributed by atoms with Crippen molar-refractivity contribution < 1.29 is 17.7 Å². The highest BCUT2D eigenvalue weighted by molar-refractivity contribution is 7.89. The topological polar surface area (TPSA) is 115 Å². The maximum Gasteiger partial charge on any atom is 0.304 e. The van der Waals surface area contributed by atoms with E-state index in [1.807, 2.05) is 0 Å². The number of benzene rings is 1. The molecule has 0 bridgehead atoms. The summed E-state index contributed by atoms with van der Waals surface area (Å²) in [4.78, 5) is 16.7. The molecule has 0 amide bonds. The largest absolute Gasteiger partial charge is 0.304 e. The molecule has 1 heterocycles. The average molecular weight is 312 g/mol. The first kappa shape index (κ1) is 14.9. The molecular formula is C11H9FN4O4S. The fourth-order valence-corrected chi connectivity index (χ4v) is 2.49. The van der Waals surface area contributed by atoms with Crippen LogP contribution in [0.5, 0.6) is 0 Å². The van der Waals surface area contributed by atoms with Gasteiger partial charge in [0.2, 0.25) is 15.8 Å². The number of nitrogens with zero attached hydrogens (tertiary/aromatic N) is 3. The Labute approximate surface area is 118 Å². The van der Waals surface area contributed by atoms with E-state index >= 15 is 0 Å². The van der Waals surface area contributed by atoms with Gasteiger partial charge < -0.3 is 0 Å². The number of hydrogen-bond donors (Lipinski definition) is 1. The molecule has 8 nitrogen and oxygen atoms in total. The van der Waals surface area contributed by atoms with Crippen molar-refractivity contribution in [3.63, 3.8) is 0 Å². The summed E-state index contributed by atoms with van der Waals surface area (Å²) in [6.45, 7) is -0.108. The number of nitrogens with one attached hydrogen (secondary N) is 1. The van der Waals surface area contributed by atoms with Gasteiger partial charge in [-0.05, 0) is 12.1 Å². The molecule has 0 radical (unpaired) electrons. The van der Waals surface area contributed by atoms with Gasteiger partial charge in [0.25, 0.3) is 0 Å². The Hall–Kier alpha value is -2.46. The number of hydrogen-bond acceptors (Lipinski definition) is 6. The summed E-state index contributed by atoms with van der Waals surface area (Å²) in [7, 11) is -4.00. The Morgan fingerprint density at radius 1 is 1.33 bits per heavy atom. The first-order chi connectivity index (χ1) is 9.90. The molecule has 10 heteroatoms. The monoisotopic (exact) mass is 312 g/mol. The normalized spacial score (nSPS) is 11.3. The molecule has 0 aliphatic heterocycles. The van der Waals surface area contributed by atoms with E-state index in [0.29, 0.717) is 11.8 Å². The van der Waals surface area contributed by atoms with Crippen molar-refractivity contribution >= 4 is 15.7 Å². The molecule has 0 fully saturated rings. The third kappa shape index (κ3) is 3.55. The Kier molecular flexibility index (Phi) is 4.19. The second-order valence-electron chi connectivity index (χ2n) is 3.90. The van der Waals surface area contributed by atoms with Gasteiger partial charge in [-0.2, -0.15) is 4.39 Å². The van der Waals surface area contributed by atoms with Crippen LogP contribution < -0.4 is 4.72 Å². The lowest BCUT2D eigenvalue weighted by molar-refractivity contribution is -0.387. The molecule has 2 rings (SSSR count). The molecule has 0 spiro atoms. The summed E-state index contributed by atoms with van der Waals surface area (Å²) < 4.78 is 39.5. The molecule has 1 aromatic carbocycles. The van der Waals surface area contributed by atoms with E-state index in [1.54, 1.807) is 0 Å². The summed E-state index contributed by atoms with van der Waals surface area (Å²) >= 11 is 0. The number of halogens is 1. The van der Waals surface area contributed by atoms with Gasteiger partial charge in [0.15, 0.2) is 0 Å². The number of aromatic nitrogens is 2. The fraction of sp³-hybridized carbons (Fsp3) is 0.0909.